The number of pyridine rings is 1. The molecule has 4 rings (SSSR count). The van der Waals surface area contributed by atoms with Gasteiger partial charge in [0, 0.05) is 24.0 Å². The van der Waals surface area contributed by atoms with Crippen LogP contribution < -0.4 is 5.32 Å². The number of hydrogen-bond donors (Lipinski definition) is 1. The summed E-state index contributed by atoms with van der Waals surface area (Å²) in [4.78, 5) is 19.5. The number of hydrogen-bond acceptors (Lipinski definition) is 3. The van der Waals surface area contributed by atoms with Gasteiger partial charge in [0.25, 0.3) is 5.91 Å². The summed E-state index contributed by atoms with van der Waals surface area (Å²) in [5, 5.41) is 3.80. The van der Waals surface area contributed by atoms with E-state index in [0.29, 0.717) is 12.2 Å². The first-order chi connectivity index (χ1) is 13.1. The molecule has 0 radical (unpaired) electrons. The summed E-state index contributed by atoms with van der Waals surface area (Å²) in [6.45, 7) is 4.58. The predicted molar refractivity (Wildman–Crippen MR) is 107 cm³/mol. The third-order valence-electron chi connectivity index (χ3n) is 5.15. The minimum atomic E-state index is -0.160. The number of benzene rings is 1. The average molecular weight is 383 g/mol. The molecule has 1 saturated heterocycles. The van der Waals surface area contributed by atoms with Gasteiger partial charge in [0.05, 0.1) is 6.04 Å². The van der Waals surface area contributed by atoms with Crippen LogP contribution in [-0.2, 0) is 0 Å². The zero-order valence-electron chi connectivity index (χ0n) is 15.4. The summed E-state index contributed by atoms with van der Waals surface area (Å²) >= 11 is 6.44. The van der Waals surface area contributed by atoms with Crippen molar-refractivity contribution in [2.75, 3.05) is 19.6 Å². The van der Waals surface area contributed by atoms with Crippen molar-refractivity contribution in [3.8, 4) is 0 Å². The Bertz CT molecular complexity index is 962. The fraction of sp³-hybridized carbons (Fsp3) is 0.333. The molecule has 3 heterocycles. The van der Waals surface area contributed by atoms with E-state index in [1.807, 2.05) is 53.9 Å². The number of aryl methyl sites for hydroxylation is 1. The predicted octanol–water partition coefficient (Wildman–Crippen LogP) is 3.86. The molecule has 1 unspecified atom stereocenters. The molecule has 1 amide bonds. The van der Waals surface area contributed by atoms with Crippen molar-refractivity contribution in [2.24, 2.45) is 0 Å². The van der Waals surface area contributed by atoms with Crippen molar-refractivity contribution in [2.45, 2.75) is 25.8 Å². The molecular weight excluding hydrogens is 360 g/mol. The molecule has 1 aliphatic rings. The van der Waals surface area contributed by atoms with Crippen LogP contribution in [0, 0.1) is 6.92 Å². The van der Waals surface area contributed by atoms with Crippen LogP contribution in [0.5, 0.6) is 0 Å². The van der Waals surface area contributed by atoms with Gasteiger partial charge in [0.2, 0.25) is 0 Å². The van der Waals surface area contributed by atoms with Gasteiger partial charge in [-0.1, -0.05) is 29.8 Å². The molecule has 1 fully saturated rings. The maximum absolute atomic E-state index is 12.7. The lowest BCUT2D eigenvalue weighted by Gasteiger charge is -2.28. The lowest BCUT2D eigenvalue weighted by Crippen LogP contribution is -2.37. The van der Waals surface area contributed by atoms with Crippen LogP contribution in [0.15, 0.2) is 48.8 Å². The molecule has 140 valence electrons. The van der Waals surface area contributed by atoms with Crippen molar-refractivity contribution >= 4 is 23.2 Å². The lowest BCUT2D eigenvalue weighted by molar-refractivity contribution is 0.0933. The summed E-state index contributed by atoms with van der Waals surface area (Å²) in [6, 6.07) is 11.9. The van der Waals surface area contributed by atoms with Gasteiger partial charge in [-0.05, 0) is 62.2 Å². The maximum atomic E-state index is 12.7. The monoisotopic (exact) mass is 382 g/mol. The van der Waals surface area contributed by atoms with Gasteiger partial charge < -0.3 is 9.72 Å². The van der Waals surface area contributed by atoms with Crippen LogP contribution in [-0.4, -0.2) is 39.8 Å². The number of likely N-dealkylation sites (tertiary alicyclic amines) is 1. The number of imidazole rings is 1. The molecular formula is C21H23ClN4O. The van der Waals surface area contributed by atoms with Gasteiger partial charge in [0.15, 0.2) is 0 Å². The van der Waals surface area contributed by atoms with E-state index in [2.05, 4.69) is 15.2 Å². The van der Waals surface area contributed by atoms with E-state index in [4.69, 9.17) is 11.6 Å². The Morgan fingerprint density at radius 1 is 1.26 bits per heavy atom. The highest BCUT2D eigenvalue weighted by atomic mass is 35.5. The summed E-state index contributed by atoms with van der Waals surface area (Å²) in [7, 11) is 0. The number of carbonyl (C=O) groups excluding carboxylic acids is 1. The standard InChI is InChI=1S/C21H23ClN4O/c1-15-8-11-26-14-18(24-20(26)12-15)21(27)23-13-19(25-9-4-5-10-25)16-6-2-3-7-17(16)22/h2-3,6-8,11-12,14,19H,4-5,9-10,13H2,1H3,(H,23,27). The minimum absolute atomic E-state index is 0.0735. The first kappa shape index (κ1) is 18.0. The zero-order valence-corrected chi connectivity index (χ0v) is 16.1. The molecule has 6 heteroatoms. The molecule has 27 heavy (non-hydrogen) atoms. The van der Waals surface area contributed by atoms with Crippen LogP contribution in [0.2, 0.25) is 5.02 Å². The van der Waals surface area contributed by atoms with E-state index in [1.165, 1.54) is 12.8 Å². The number of nitrogens with zero attached hydrogens (tertiary/aromatic N) is 3. The Morgan fingerprint density at radius 2 is 2.04 bits per heavy atom. The van der Waals surface area contributed by atoms with Crippen molar-refractivity contribution in [3.63, 3.8) is 0 Å². The second-order valence-corrected chi connectivity index (χ2v) is 7.49. The number of carbonyl (C=O) groups is 1. The van der Waals surface area contributed by atoms with E-state index >= 15 is 0 Å². The normalized spacial score (nSPS) is 15.9. The van der Waals surface area contributed by atoms with Gasteiger partial charge >= 0.3 is 0 Å². The Labute approximate surface area is 164 Å². The highest BCUT2D eigenvalue weighted by Gasteiger charge is 2.26. The topological polar surface area (TPSA) is 49.6 Å². The highest BCUT2D eigenvalue weighted by Crippen LogP contribution is 2.29. The molecule has 2 aromatic heterocycles. The summed E-state index contributed by atoms with van der Waals surface area (Å²) in [6.07, 6.45) is 6.05. The molecule has 1 aromatic carbocycles. The number of aromatic nitrogens is 2. The molecule has 1 N–H and O–H groups in total. The summed E-state index contributed by atoms with van der Waals surface area (Å²) < 4.78 is 1.87. The quantitative estimate of drug-likeness (QED) is 0.728. The fourth-order valence-corrected chi connectivity index (χ4v) is 3.97. The molecule has 3 aromatic rings. The van der Waals surface area contributed by atoms with E-state index in [-0.39, 0.29) is 11.9 Å². The first-order valence-electron chi connectivity index (χ1n) is 9.34. The molecule has 0 bridgehead atoms. The Balaban J connectivity index is 1.52. The van der Waals surface area contributed by atoms with Crippen LogP contribution >= 0.6 is 11.6 Å². The second-order valence-electron chi connectivity index (χ2n) is 7.09. The van der Waals surface area contributed by atoms with Crippen LogP contribution in [0.4, 0.5) is 0 Å². The van der Waals surface area contributed by atoms with Gasteiger partial charge in [0.1, 0.15) is 11.3 Å². The molecule has 0 spiro atoms. The SMILES string of the molecule is Cc1ccn2cc(C(=O)NCC(c3ccccc3Cl)N3CCCC3)nc2c1. The van der Waals surface area contributed by atoms with Crippen molar-refractivity contribution < 1.29 is 4.79 Å². The number of amides is 1. The van der Waals surface area contributed by atoms with E-state index in [0.717, 1.165) is 34.9 Å². The number of rotatable bonds is 5. The molecule has 5 nitrogen and oxygen atoms in total. The molecule has 0 saturated carbocycles. The third-order valence-corrected chi connectivity index (χ3v) is 5.49. The van der Waals surface area contributed by atoms with Crippen LogP contribution in [0.25, 0.3) is 5.65 Å². The van der Waals surface area contributed by atoms with Crippen LogP contribution in [0.3, 0.4) is 0 Å². The third kappa shape index (κ3) is 3.84. The zero-order chi connectivity index (χ0) is 18.8. The Morgan fingerprint density at radius 3 is 2.81 bits per heavy atom. The largest absolute Gasteiger partial charge is 0.349 e. The molecule has 1 atom stereocenters. The van der Waals surface area contributed by atoms with Gasteiger partial charge in [-0.25, -0.2) is 4.98 Å². The van der Waals surface area contributed by atoms with E-state index in [9.17, 15) is 4.79 Å². The summed E-state index contributed by atoms with van der Waals surface area (Å²) in [5.41, 5.74) is 3.39. The molecule has 0 aliphatic carbocycles. The Hall–Kier alpha value is -2.37. The number of nitrogens with one attached hydrogen (secondary N) is 1. The van der Waals surface area contributed by atoms with Crippen LogP contribution in [0.1, 0.15) is 40.5 Å². The van der Waals surface area contributed by atoms with Gasteiger partial charge in [-0.3, -0.25) is 9.69 Å². The smallest absolute Gasteiger partial charge is 0.271 e. The fourth-order valence-electron chi connectivity index (χ4n) is 3.71. The lowest BCUT2D eigenvalue weighted by atomic mass is 10.1. The Kier molecular flexibility index (Phi) is 5.14. The average Bonchev–Trinajstić information content (AvgIpc) is 3.32. The second kappa shape index (κ2) is 7.71. The maximum Gasteiger partial charge on any atom is 0.271 e. The number of halogens is 1. The summed E-state index contributed by atoms with van der Waals surface area (Å²) in [5.74, 6) is -0.160. The minimum Gasteiger partial charge on any atom is -0.349 e. The molecule has 1 aliphatic heterocycles. The van der Waals surface area contributed by atoms with E-state index < -0.39 is 0 Å². The van der Waals surface area contributed by atoms with Gasteiger partial charge in [-0.15, -0.1) is 0 Å². The van der Waals surface area contributed by atoms with Gasteiger partial charge in [-0.2, -0.15) is 0 Å². The number of fused-ring (bicyclic) bond motifs is 1. The first-order valence-corrected chi connectivity index (χ1v) is 9.71. The van der Waals surface area contributed by atoms with Crippen molar-refractivity contribution in [1.29, 1.82) is 0 Å². The van der Waals surface area contributed by atoms with E-state index in [1.54, 1.807) is 6.20 Å². The highest BCUT2D eigenvalue weighted by molar-refractivity contribution is 6.31. The van der Waals surface area contributed by atoms with Crippen molar-refractivity contribution in [1.82, 2.24) is 19.6 Å². The van der Waals surface area contributed by atoms with Crippen molar-refractivity contribution in [3.05, 3.63) is 70.6 Å².